The van der Waals surface area contributed by atoms with Crippen LogP contribution < -0.4 is 21.7 Å². The lowest BCUT2D eigenvalue weighted by Gasteiger charge is -2.32. The standard InChI is InChI=1S/C23H30F3N5O3S/c1-12(2)8-9-29-21(33)16(10-13(3)4)31(15-7-5-6-14(11-15)23(24,25)26)22(34)19-17(27)18(20(28)32)30-35-19/h5-7,11-13,16H,8-10,27H2,1-4H3,(H2,28,32)(H,29,33). The molecule has 2 rings (SSSR count). The zero-order valence-corrected chi connectivity index (χ0v) is 20.8. The Balaban J connectivity index is 2.63. The van der Waals surface area contributed by atoms with Crippen LogP contribution in [-0.4, -0.2) is 34.7 Å². The van der Waals surface area contributed by atoms with Gasteiger partial charge in [-0.2, -0.15) is 17.5 Å². The molecule has 5 N–H and O–H groups in total. The summed E-state index contributed by atoms with van der Waals surface area (Å²) in [6.07, 6.45) is -3.82. The van der Waals surface area contributed by atoms with Crippen molar-refractivity contribution in [2.24, 2.45) is 17.6 Å². The van der Waals surface area contributed by atoms with Gasteiger partial charge in [0.15, 0.2) is 5.69 Å². The highest BCUT2D eigenvalue weighted by Crippen LogP contribution is 2.34. The number of halogens is 3. The van der Waals surface area contributed by atoms with Crippen molar-refractivity contribution in [1.29, 1.82) is 0 Å². The number of alkyl halides is 3. The van der Waals surface area contributed by atoms with Gasteiger partial charge in [-0.15, -0.1) is 0 Å². The molecule has 0 radical (unpaired) electrons. The number of benzene rings is 1. The third kappa shape index (κ3) is 7.17. The predicted molar refractivity (Wildman–Crippen MR) is 129 cm³/mol. The first-order chi connectivity index (χ1) is 16.2. The highest BCUT2D eigenvalue weighted by molar-refractivity contribution is 7.09. The number of nitrogens with two attached hydrogens (primary N) is 2. The maximum atomic E-state index is 13.7. The summed E-state index contributed by atoms with van der Waals surface area (Å²) in [6.45, 7) is 7.97. The number of carbonyl (C=O) groups excluding carboxylic acids is 3. The largest absolute Gasteiger partial charge is 0.416 e. The molecule has 0 saturated carbocycles. The fourth-order valence-electron chi connectivity index (χ4n) is 3.39. The van der Waals surface area contributed by atoms with Gasteiger partial charge in [-0.3, -0.25) is 19.3 Å². The summed E-state index contributed by atoms with van der Waals surface area (Å²) in [4.78, 5) is 39.3. The van der Waals surface area contributed by atoms with Crippen molar-refractivity contribution in [3.05, 3.63) is 40.4 Å². The summed E-state index contributed by atoms with van der Waals surface area (Å²) in [5, 5.41) is 2.79. The molecule has 0 bridgehead atoms. The van der Waals surface area contributed by atoms with E-state index in [4.69, 9.17) is 11.5 Å². The van der Waals surface area contributed by atoms with Crippen LogP contribution in [0.15, 0.2) is 24.3 Å². The summed E-state index contributed by atoms with van der Waals surface area (Å²) >= 11 is 0.594. The number of nitrogens with zero attached hydrogens (tertiary/aromatic N) is 2. The number of nitrogen functional groups attached to an aromatic ring is 1. The maximum Gasteiger partial charge on any atom is 0.416 e. The molecule has 0 aliphatic carbocycles. The molecular formula is C23H30F3N5O3S. The van der Waals surface area contributed by atoms with Crippen molar-refractivity contribution < 1.29 is 27.6 Å². The Morgan fingerprint density at radius 1 is 1.14 bits per heavy atom. The van der Waals surface area contributed by atoms with Crippen LogP contribution >= 0.6 is 11.5 Å². The van der Waals surface area contributed by atoms with Crippen molar-refractivity contribution in [1.82, 2.24) is 9.69 Å². The van der Waals surface area contributed by atoms with Gasteiger partial charge in [-0.1, -0.05) is 33.8 Å². The van der Waals surface area contributed by atoms with Crippen LogP contribution in [0.2, 0.25) is 0 Å². The summed E-state index contributed by atoms with van der Waals surface area (Å²) < 4.78 is 44.2. The van der Waals surface area contributed by atoms with E-state index in [-0.39, 0.29) is 34.3 Å². The first-order valence-electron chi connectivity index (χ1n) is 11.1. The van der Waals surface area contributed by atoms with Crippen LogP contribution in [0.5, 0.6) is 0 Å². The van der Waals surface area contributed by atoms with Gasteiger partial charge < -0.3 is 16.8 Å². The van der Waals surface area contributed by atoms with Crippen LogP contribution in [-0.2, 0) is 11.0 Å². The Morgan fingerprint density at radius 3 is 2.31 bits per heavy atom. The highest BCUT2D eigenvalue weighted by Gasteiger charge is 2.37. The molecule has 1 aromatic carbocycles. The molecule has 0 aliphatic rings. The van der Waals surface area contributed by atoms with E-state index in [0.29, 0.717) is 30.4 Å². The molecular weight excluding hydrogens is 483 g/mol. The Kier molecular flexibility index (Phi) is 9.24. The number of hydrogen-bond donors (Lipinski definition) is 3. The number of aromatic nitrogens is 1. The lowest BCUT2D eigenvalue weighted by atomic mass is 9.99. The van der Waals surface area contributed by atoms with Crippen LogP contribution in [0.25, 0.3) is 0 Å². The molecule has 0 saturated heterocycles. The van der Waals surface area contributed by atoms with E-state index in [1.54, 1.807) is 0 Å². The van der Waals surface area contributed by atoms with Crippen molar-refractivity contribution in [2.45, 2.75) is 52.8 Å². The molecule has 0 fully saturated rings. The summed E-state index contributed by atoms with van der Waals surface area (Å²) in [6, 6.07) is 3.01. The number of nitrogens with one attached hydrogen (secondary N) is 1. The molecule has 0 aliphatic heterocycles. The van der Waals surface area contributed by atoms with Gasteiger partial charge in [0.1, 0.15) is 10.9 Å². The smallest absolute Gasteiger partial charge is 0.395 e. The Bertz CT molecular complexity index is 1070. The normalized spacial score (nSPS) is 12.6. The lowest BCUT2D eigenvalue weighted by Crippen LogP contribution is -2.51. The predicted octanol–water partition coefficient (Wildman–Crippen LogP) is 4.07. The quantitative estimate of drug-likeness (QED) is 0.441. The van der Waals surface area contributed by atoms with Crippen molar-refractivity contribution >= 4 is 40.6 Å². The first-order valence-corrected chi connectivity index (χ1v) is 11.8. The molecule has 12 heteroatoms. The van der Waals surface area contributed by atoms with Gasteiger partial charge >= 0.3 is 6.18 Å². The van der Waals surface area contributed by atoms with E-state index >= 15 is 0 Å². The fraction of sp³-hybridized carbons (Fsp3) is 0.478. The summed E-state index contributed by atoms with van der Waals surface area (Å²) in [7, 11) is 0. The lowest BCUT2D eigenvalue weighted by molar-refractivity contribution is -0.137. The molecule has 35 heavy (non-hydrogen) atoms. The van der Waals surface area contributed by atoms with E-state index in [1.165, 1.54) is 6.07 Å². The molecule has 8 nitrogen and oxygen atoms in total. The Morgan fingerprint density at radius 2 is 1.80 bits per heavy atom. The third-order valence-electron chi connectivity index (χ3n) is 5.16. The maximum absolute atomic E-state index is 13.7. The second-order valence-electron chi connectivity index (χ2n) is 8.98. The monoisotopic (exact) mass is 513 g/mol. The molecule has 192 valence electrons. The van der Waals surface area contributed by atoms with Crippen molar-refractivity contribution in [3.8, 4) is 0 Å². The van der Waals surface area contributed by atoms with Gasteiger partial charge in [0.2, 0.25) is 5.91 Å². The van der Waals surface area contributed by atoms with E-state index in [1.807, 2.05) is 27.7 Å². The minimum atomic E-state index is -4.67. The number of primary amides is 1. The van der Waals surface area contributed by atoms with Gasteiger partial charge in [-0.05, 0) is 54.4 Å². The zero-order valence-electron chi connectivity index (χ0n) is 20.0. The summed E-state index contributed by atoms with van der Waals surface area (Å²) in [5.74, 6) is -2.09. The minimum Gasteiger partial charge on any atom is -0.395 e. The minimum absolute atomic E-state index is 0.0862. The Hall–Kier alpha value is -3.15. The number of carbonyl (C=O) groups is 3. The molecule has 1 aromatic heterocycles. The van der Waals surface area contributed by atoms with Gasteiger partial charge in [0, 0.05) is 12.2 Å². The highest BCUT2D eigenvalue weighted by atomic mass is 32.1. The molecule has 2 aromatic rings. The van der Waals surface area contributed by atoms with Crippen molar-refractivity contribution in [3.63, 3.8) is 0 Å². The van der Waals surface area contributed by atoms with E-state index in [0.717, 1.165) is 23.1 Å². The molecule has 1 atom stereocenters. The molecule has 1 heterocycles. The van der Waals surface area contributed by atoms with E-state index in [2.05, 4.69) is 9.69 Å². The second kappa shape index (κ2) is 11.5. The Labute approximate surface area is 206 Å². The topological polar surface area (TPSA) is 131 Å². The van der Waals surface area contributed by atoms with Gasteiger partial charge in [-0.25, -0.2) is 0 Å². The molecule has 0 spiro atoms. The molecule has 3 amide bonds. The number of hydrogen-bond acceptors (Lipinski definition) is 6. The third-order valence-corrected chi connectivity index (χ3v) is 6.01. The average Bonchev–Trinajstić information content (AvgIpc) is 3.13. The van der Waals surface area contributed by atoms with Gasteiger partial charge in [0.25, 0.3) is 11.8 Å². The van der Waals surface area contributed by atoms with Crippen LogP contribution in [0.4, 0.5) is 24.5 Å². The number of rotatable bonds is 10. The average molecular weight is 514 g/mol. The second-order valence-corrected chi connectivity index (χ2v) is 9.75. The SMILES string of the molecule is CC(C)CCNC(=O)C(CC(C)C)N(C(=O)c1snc(C(N)=O)c1N)c1cccc(C(F)(F)F)c1. The van der Waals surface area contributed by atoms with Crippen molar-refractivity contribution in [2.75, 3.05) is 17.2 Å². The van der Waals surface area contributed by atoms with Crippen LogP contribution in [0.3, 0.4) is 0 Å². The van der Waals surface area contributed by atoms with E-state index in [9.17, 15) is 27.6 Å². The van der Waals surface area contributed by atoms with E-state index < -0.39 is 35.5 Å². The van der Waals surface area contributed by atoms with Crippen LogP contribution in [0, 0.1) is 11.8 Å². The summed E-state index contributed by atoms with van der Waals surface area (Å²) in [5.41, 5.74) is 9.46. The number of anilines is 2. The van der Waals surface area contributed by atoms with Gasteiger partial charge in [0.05, 0.1) is 11.3 Å². The fourth-order valence-corrected chi connectivity index (χ4v) is 4.13. The molecule has 1 unspecified atom stereocenters. The first kappa shape index (κ1) is 28.1. The van der Waals surface area contributed by atoms with Crippen LogP contribution in [0.1, 0.15) is 66.3 Å². The number of amides is 3. The zero-order chi connectivity index (χ0) is 26.5.